The first-order valence-corrected chi connectivity index (χ1v) is 12.6. The Morgan fingerprint density at radius 1 is 0.857 bits per heavy atom. The number of amides is 2. The molecule has 3 rings (SSSR count). The van der Waals surface area contributed by atoms with Gasteiger partial charge >= 0.3 is 0 Å². The van der Waals surface area contributed by atoms with Crippen LogP contribution in [0.15, 0.2) is 71.1 Å². The predicted molar refractivity (Wildman–Crippen MR) is 140 cm³/mol. The van der Waals surface area contributed by atoms with Crippen molar-refractivity contribution in [3.8, 4) is 0 Å². The highest BCUT2D eigenvalue weighted by atomic mass is 16.3. The van der Waals surface area contributed by atoms with Crippen LogP contribution in [0.4, 0.5) is 0 Å². The van der Waals surface area contributed by atoms with E-state index in [9.17, 15) is 9.59 Å². The van der Waals surface area contributed by atoms with Crippen molar-refractivity contribution in [1.82, 2.24) is 9.80 Å². The Morgan fingerprint density at radius 2 is 1.57 bits per heavy atom. The number of carbonyl (C=O) groups excluding carboxylic acids is 2. The molecule has 0 aliphatic carbocycles. The summed E-state index contributed by atoms with van der Waals surface area (Å²) in [7, 11) is 0. The molecular weight excluding hydrogens is 436 g/mol. The van der Waals surface area contributed by atoms with Crippen LogP contribution in [-0.4, -0.2) is 34.7 Å². The number of furan rings is 1. The highest BCUT2D eigenvalue weighted by Crippen LogP contribution is 2.16. The molecule has 1 aromatic heterocycles. The maximum absolute atomic E-state index is 13.5. The molecule has 5 heteroatoms. The fourth-order valence-corrected chi connectivity index (χ4v) is 4.10. The molecule has 1 heterocycles. The van der Waals surface area contributed by atoms with Crippen molar-refractivity contribution in [3.63, 3.8) is 0 Å². The van der Waals surface area contributed by atoms with E-state index in [0.29, 0.717) is 25.2 Å². The highest BCUT2D eigenvalue weighted by molar-refractivity contribution is 5.96. The van der Waals surface area contributed by atoms with E-state index in [1.807, 2.05) is 73.7 Å². The van der Waals surface area contributed by atoms with Gasteiger partial charge in [-0.1, -0.05) is 69.7 Å². The van der Waals surface area contributed by atoms with Crippen molar-refractivity contribution in [2.45, 2.75) is 60.0 Å². The van der Waals surface area contributed by atoms with Gasteiger partial charge in [-0.3, -0.25) is 9.59 Å². The lowest BCUT2D eigenvalue weighted by atomic mass is 10.1. The second kappa shape index (κ2) is 12.9. The fourth-order valence-electron chi connectivity index (χ4n) is 4.10. The van der Waals surface area contributed by atoms with E-state index in [1.165, 1.54) is 5.56 Å². The van der Waals surface area contributed by atoms with Gasteiger partial charge in [-0.15, -0.1) is 0 Å². The number of benzene rings is 2. The first-order chi connectivity index (χ1) is 16.9. The highest BCUT2D eigenvalue weighted by Gasteiger charge is 2.24. The quantitative estimate of drug-likeness (QED) is 0.311. The van der Waals surface area contributed by atoms with Crippen molar-refractivity contribution >= 4 is 11.8 Å². The van der Waals surface area contributed by atoms with Crippen molar-refractivity contribution < 1.29 is 14.0 Å². The lowest BCUT2D eigenvalue weighted by molar-refractivity contribution is -0.133. The maximum Gasteiger partial charge on any atom is 0.254 e. The van der Waals surface area contributed by atoms with Crippen LogP contribution < -0.4 is 0 Å². The average molecular weight is 475 g/mol. The third-order valence-corrected chi connectivity index (χ3v) is 5.93. The summed E-state index contributed by atoms with van der Waals surface area (Å²) in [6, 6.07) is 21.5. The van der Waals surface area contributed by atoms with Crippen molar-refractivity contribution in [1.29, 1.82) is 0 Å². The molecule has 0 fully saturated rings. The van der Waals surface area contributed by atoms with Crippen LogP contribution in [0.1, 0.15) is 66.6 Å². The van der Waals surface area contributed by atoms with Gasteiger partial charge < -0.3 is 14.2 Å². The zero-order valence-corrected chi connectivity index (χ0v) is 21.5. The first kappa shape index (κ1) is 26.3. The van der Waals surface area contributed by atoms with Crippen LogP contribution in [0.5, 0.6) is 0 Å². The average Bonchev–Trinajstić information content (AvgIpc) is 3.26. The Morgan fingerprint density at radius 3 is 2.17 bits per heavy atom. The molecule has 0 saturated heterocycles. The molecule has 0 N–H and O–H groups in total. The summed E-state index contributed by atoms with van der Waals surface area (Å²) in [6.45, 7) is 9.54. The lowest BCUT2D eigenvalue weighted by Gasteiger charge is -2.28. The van der Waals surface area contributed by atoms with Crippen molar-refractivity contribution in [3.05, 3.63) is 94.9 Å². The predicted octanol–water partition coefficient (Wildman–Crippen LogP) is 6.26. The molecule has 0 spiro atoms. The van der Waals surface area contributed by atoms with Gasteiger partial charge in [0.1, 0.15) is 18.1 Å². The van der Waals surface area contributed by atoms with E-state index < -0.39 is 0 Å². The molecule has 0 unspecified atom stereocenters. The molecule has 0 aliphatic rings. The van der Waals surface area contributed by atoms with Gasteiger partial charge in [0.15, 0.2) is 0 Å². The van der Waals surface area contributed by atoms with Crippen LogP contribution in [0.25, 0.3) is 0 Å². The number of unbranched alkanes of at least 4 members (excludes halogenated alkanes) is 1. The van der Waals surface area contributed by atoms with Crippen molar-refractivity contribution in [2.24, 2.45) is 5.92 Å². The molecule has 35 heavy (non-hydrogen) atoms. The summed E-state index contributed by atoms with van der Waals surface area (Å²) in [5, 5.41) is 0. The normalized spacial score (nSPS) is 11.0. The summed E-state index contributed by atoms with van der Waals surface area (Å²) >= 11 is 0. The summed E-state index contributed by atoms with van der Waals surface area (Å²) in [5.74, 6) is 1.58. The molecular formula is C30H38N2O3. The molecule has 0 aliphatic heterocycles. The maximum atomic E-state index is 13.5. The van der Waals surface area contributed by atoms with Crippen molar-refractivity contribution in [2.75, 3.05) is 13.1 Å². The minimum Gasteiger partial charge on any atom is -0.464 e. The largest absolute Gasteiger partial charge is 0.464 e. The zero-order chi connectivity index (χ0) is 25.2. The van der Waals surface area contributed by atoms with E-state index in [2.05, 4.69) is 20.8 Å². The van der Waals surface area contributed by atoms with E-state index in [1.54, 1.807) is 9.80 Å². The van der Waals surface area contributed by atoms with Gasteiger partial charge in [0, 0.05) is 18.7 Å². The number of aryl methyl sites for hydroxylation is 2. The van der Waals surface area contributed by atoms with Crippen LogP contribution in [0.3, 0.4) is 0 Å². The molecule has 5 nitrogen and oxygen atoms in total. The smallest absolute Gasteiger partial charge is 0.254 e. The second-order valence-corrected chi connectivity index (χ2v) is 9.63. The van der Waals surface area contributed by atoms with E-state index in [4.69, 9.17) is 4.42 Å². The zero-order valence-electron chi connectivity index (χ0n) is 21.5. The molecule has 0 saturated carbocycles. The Bertz CT molecular complexity index is 1070. The van der Waals surface area contributed by atoms with E-state index >= 15 is 0 Å². The molecule has 3 aromatic rings. The summed E-state index contributed by atoms with van der Waals surface area (Å²) in [4.78, 5) is 30.4. The molecule has 0 radical (unpaired) electrons. The van der Waals surface area contributed by atoms with Crippen LogP contribution in [-0.2, 0) is 24.3 Å². The number of hydrogen-bond donors (Lipinski definition) is 0. The van der Waals surface area contributed by atoms with Gasteiger partial charge in [-0.05, 0) is 61.1 Å². The number of nitrogens with zero attached hydrogens (tertiary/aromatic N) is 2. The monoisotopic (exact) mass is 474 g/mol. The number of hydrogen-bond acceptors (Lipinski definition) is 3. The van der Waals surface area contributed by atoms with Crippen LogP contribution >= 0.6 is 0 Å². The molecule has 2 aromatic carbocycles. The van der Waals surface area contributed by atoms with Crippen LogP contribution in [0, 0.1) is 12.8 Å². The Balaban J connectivity index is 1.77. The standard InChI is InChI=1S/C30H38N2O3/c1-5-6-10-25-14-16-27(17-15-25)30(34)32(19-23(2)3)22-29(33)31(20-26-11-8-7-9-12-26)21-28-18-13-24(4)35-28/h7-9,11-18,23H,5-6,10,19-22H2,1-4H3. The van der Waals surface area contributed by atoms with Gasteiger partial charge in [0.2, 0.25) is 5.91 Å². The fraction of sp³-hybridized carbons (Fsp3) is 0.400. The third kappa shape index (κ3) is 8.13. The number of rotatable bonds is 12. The Labute approximate surface area is 209 Å². The summed E-state index contributed by atoms with van der Waals surface area (Å²) in [5.41, 5.74) is 2.89. The topological polar surface area (TPSA) is 53.8 Å². The van der Waals surface area contributed by atoms with Gasteiger partial charge in [-0.2, -0.15) is 0 Å². The summed E-state index contributed by atoms with van der Waals surface area (Å²) in [6.07, 6.45) is 3.29. The first-order valence-electron chi connectivity index (χ1n) is 12.6. The van der Waals surface area contributed by atoms with E-state index in [0.717, 1.165) is 36.3 Å². The third-order valence-electron chi connectivity index (χ3n) is 5.93. The van der Waals surface area contributed by atoms with Gasteiger partial charge in [0.05, 0.1) is 6.54 Å². The molecule has 186 valence electrons. The summed E-state index contributed by atoms with van der Waals surface area (Å²) < 4.78 is 5.75. The Hall–Kier alpha value is -3.34. The molecule has 0 bridgehead atoms. The lowest BCUT2D eigenvalue weighted by Crippen LogP contribution is -2.43. The van der Waals surface area contributed by atoms with Crippen LogP contribution in [0.2, 0.25) is 0 Å². The molecule has 2 amide bonds. The van der Waals surface area contributed by atoms with E-state index in [-0.39, 0.29) is 24.3 Å². The Kier molecular flexibility index (Phi) is 9.71. The second-order valence-electron chi connectivity index (χ2n) is 9.63. The van der Waals surface area contributed by atoms with Gasteiger partial charge in [-0.25, -0.2) is 0 Å². The number of carbonyl (C=O) groups is 2. The minimum absolute atomic E-state index is 0.0289. The minimum atomic E-state index is -0.109. The molecule has 0 atom stereocenters. The van der Waals surface area contributed by atoms with Gasteiger partial charge in [0.25, 0.3) is 5.91 Å². The SMILES string of the molecule is CCCCc1ccc(C(=O)N(CC(=O)N(Cc2ccccc2)Cc2ccc(C)o2)CC(C)C)cc1.